The highest BCUT2D eigenvalue weighted by atomic mass is 19.4. The maximum Gasteiger partial charge on any atom is 0.421 e. The van der Waals surface area contributed by atoms with Crippen molar-refractivity contribution in [2.45, 2.75) is 38.6 Å². The molecule has 0 fully saturated rings. The number of aliphatic hydroxyl groups excluding tert-OH is 1. The number of halogens is 4. The van der Waals surface area contributed by atoms with Gasteiger partial charge in [-0.3, -0.25) is 4.79 Å². The molecule has 0 aliphatic heterocycles. The number of ether oxygens (including phenoxy) is 1. The summed E-state index contributed by atoms with van der Waals surface area (Å²) in [6.07, 6.45) is -3.96. The van der Waals surface area contributed by atoms with Gasteiger partial charge >= 0.3 is 6.18 Å². The fourth-order valence-electron chi connectivity index (χ4n) is 3.55. The Morgan fingerprint density at radius 3 is 2.35 bits per heavy atom. The Kier molecular flexibility index (Phi) is 8.50. The van der Waals surface area contributed by atoms with Crippen LogP contribution in [0, 0.1) is 17.7 Å². The lowest BCUT2D eigenvalue weighted by Crippen LogP contribution is -2.55. The van der Waals surface area contributed by atoms with Gasteiger partial charge in [-0.2, -0.15) is 13.2 Å². The average Bonchev–Trinajstić information content (AvgIpc) is 2.79. The number of Topliss-reactive ketones (excluding diaryl/α,β-unsaturated/α-hetero) is 1. The predicted molar refractivity (Wildman–Crippen MR) is 122 cm³/mol. The fourth-order valence-corrected chi connectivity index (χ4v) is 3.55. The Morgan fingerprint density at radius 2 is 1.85 bits per heavy atom. The third-order valence-electron chi connectivity index (χ3n) is 6.01. The lowest BCUT2D eigenvalue weighted by atomic mass is 9.85. The van der Waals surface area contributed by atoms with Gasteiger partial charge < -0.3 is 20.3 Å². The number of nitrogens with one attached hydrogen (secondary N) is 1. The molecule has 2 unspecified atom stereocenters. The molecule has 0 heterocycles. The van der Waals surface area contributed by atoms with Crippen molar-refractivity contribution in [3.05, 3.63) is 65.5 Å². The first kappa shape index (κ1) is 27.3. The molecule has 0 spiro atoms. The van der Waals surface area contributed by atoms with Crippen LogP contribution in [-0.2, 0) is 0 Å². The highest BCUT2D eigenvalue weighted by molar-refractivity contribution is 6.02. The zero-order valence-corrected chi connectivity index (χ0v) is 19.4. The first-order valence-corrected chi connectivity index (χ1v) is 10.6. The summed E-state index contributed by atoms with van der Waals surface area (Å²) in [5.74, 6) is -1.61. The zero-order chi connectivity index (χ0) is 25.8. The quantitative estimate of drug-likeness (QED) is 0.312. The molecular formula is C25H29F4NO4. The number of anilines is 1. The Balaban J connectivity index is 2.74. The van der Waals surface area contributed by atoms with Crippen molar-refractivity contribution >= 4 is 17.5 Å². The van der Waals surface area contributed by atoms with Crippen molar-refractivity contribution in [1.82, 2.24) is 0 Å². The minimum absolute atomic E-state index is 0.0164. The third kappa shape index (κ3) is 5.26. The van der Waals surface area contributed by atoms with Crippen LogP contribution < -0.4 is 10.1 Å². The van der Waals surface area contributed by atoms with Gasteiger partial charge in [-0.25, -0.2) is 4.39 Å². The first-order valence-electron chi connectivity index (χ1n) is 10.6. The Labute approximate surface area is 196 Å². The van der Waals surface area contributed by atoms with Gasteiger partial charge in [0.25, 0.3) is 0 Å². The van der Waals surface area contributed by atoms with Crippen LogP contribution in [-0.4, -0.2) is 41.5 Å². The number of benzene rings is 2. The number of methoxy groups -OCH3 is 1. The largest absolute Gasteiger partial charge is 0.496 e. The summed E-state index contributed by atoms with van der Waals surface area (Å²) in [5, 5.41) is 22.9. The van der Waals surface area contributed by atoms with Crippen LogP contribution >= 0.6 is 0 Å². The Hall–Kier alpha value is -2.91. The Bertz CT molecular complexity index is 1040. The summed E-state index contributed by atoms with van der Waals surface area (Å²) < 4.78 is 60.8. The van der Waals surface area contributed by atoms with E-state index in [0.29, 0.717) is 0 Å². The van der Waals surface area contributed by atoms with Gasteiger partial charge in [-0.1, -0.05) is 51.6 Å². The van der Waals surface area contributed by atoms with E-state index in [4.69, 9.17) is 4.74 Å². The first-order chi connectivity index (χ1) is 15.8. The molecular weight excluding hydrogens is 454 g/mol. The van der Waals surface area contributed by atoms with Gasteiger partial charge in [-0.05, 0) is 18.1 Å². The van der Waals surface area contributed by atoms with Gasteiger partial charge in [0.2, 0.25) is 5.60 Å². The van der Waals surface area contributed by atoms with Crippen LogP contribution in [0.5, 0.6) is 5.75 Å². The van der Waals surface area contributed by atoms with E-state index in [-0.39, 0.29) is 45.7 Å². The van der Waals surface area contributed by atoms with Crippen LogP contribution in [0.2, 0.25) is 0 Å². The number of carbonyl (C=O) groups is 1. The SMILES string of the molecule is C=Cc1c(NC(c2ccc(F)cc2OC)C(O)(CO)C(F)(F)F)cccc1C(=O)[C@@H](C)C(C)C. The summed E-state index contributed by atoms with van der Waals surface area (Å²) in [6, 6.07) is 5.24. The number of rotatable bonds is 10. The van der Waals surface area contributed by atoms with Gasteiger partial charge in [0.1, 0.15) is 11.6 Å². The maximum absolute atomic E-state index is 14.0. The van der Waals surface area contributed by atoms with E-state index >= 15 is 0 Å². The topological polar surface area (TPSA) is 78.8 Å². The standard InChI is InChI=1S/C25H29F4NO4/c1-6-17-18(22(32)15(4)14(2)3)8-7-9-20(17)30-23(24(33,13-31)25(27,28)29)19-11-10-16(26)12-21(19)34-5/h6-12,14-15,23,30-31,33H,1,13H2,2-5H3/t15-,23?,24?/m0/s1. The predicted octanol–water partition coefficient (Wildman–Crippen LogP) is 5.39. The average molecular weight is 484 g/mol. The van der Waals surface area contributed by atoms with Crippen molar-refractivity contribution in [2.24, 2.45) is 11.8 Å². The summed E-state index contributed by atoms with van der Waals surface area (Å²) in [4.78, 5) is 13.0. The van der Waals surface area contributed by atoms with E-state index in [1.165, 1.54) is 18.2 Å². The molecule has 2 aromatic rings. The monoisotopic (exact) mass is 483 g/mol. The number of aliphatic hydroxyl groups is 2. The summed E-state index contributed by atoms with van der Waals surface area (Å²) >= 11 is 0. The van der Waals surface area contributed by atoms with Gasteiger partial charge in [0.15, 0.2) is 5.78 Å². The molecule has 0 radical (unpaired) electrons. The van der Waals surface area contributed by atoms with Crippen molar-refractivity contribution in [1.29, 1.82) is 0 Å². The van der Waals surface area contributed by atoms with Gasteiger partial charge in [0.05, 0.1) is 19.8 Å². The van der Waals surface area contributed by atoms with E-state index in [0.717, 1.165) is 25.3 Å². The van der Waals surface area contributed by atoms with E-state index in [1.807, 2.05) is 13.8 Å². The fraction of sp³-hybridized carbons (Fsp3) is 0.400. The number of hydrogen-bond acceptors (Lipinski definition) is 5. The summed E-state index contributed by atoms with van der Waals surface area (Å²) in [6.45, 7) is 7.50. The molecule has 186 valence electrons. The van der Waals surface area contributed by atoms with E-state index in [9.17, 15) is 32.6 Å². The normalized spacial score (nSPS) is 15.4. The van der Waals surface area contributed by atoms with Crippen LogP contribution in [0.25, 0.3) is 6.08 Å². The molecule has 0 bridgehead atoms. The molecule has 2 aromatic carbocycles. The third-order valence-corrected chi connectivity index (χ3v) is 6.01. The number of carbonyl (C=O) groups excluding carboxylic acids is 1. The molecule has 0 saturated heterocycles. The molecule has 3 atom stereocenters. The number of hydrogen-bond donors (Lipinski definition) is 3. The molecule has 3 N–H and O–H groups in total. The molecule has 9 heteroatoms. The highest BCUT2D eigenvalue weighted by Gasteiger charge is 2.59. The maximum atomic E-state index is 14.0. The van der Waals surface area contributed by atoms with Crippen LogP contribution in [0.3, 0.4) is 0 Å². The summed E-state index contributed by atoms with van der Waals surface area (Å²) in [5.41, 5.74) is -3.40. The second-order valence-corrected chi connectivity index (χ2v) is 8.41. The minimum Gasteiger partial charge on any atom is -0.496 e. The van der Waals surface area contributed by atoms with Crippen molar-refractivity contribution < 1.29 is 37.3 Å². The number of ketones is 1. The molecule has 5 nitrogen and oxygen atoms in total. The summed E-state index contributed by atoms with van der Waals surface area (Å²) in [7, 11) is 1.14. The van der Waals surface area contributed by atoms with Gasteiger partial charge in [-0.15, -0.1) is 0 Å². The highest BCUT2D eigenvalue weighted by Crippen LogP contribution is 2.45. The molecule has 0 amide bonds. The van der Waals surface area contributed by atoms with E-state index in [1.54, 1.807) is 13.0 Å². The molecule has 0 aromatic heterocycles. The van der Waals surface area contributed by atoms with Crippen molar-refractivity contribution in [3.63, 3.8) is 0 Å². The van der Waals surface area contributed by atoms with E-state index in [2.05, 4.69) is 11.9 Å². The van der Waals surface area contributed by atoms with Gasteiger partial charge in [0, 0.05) is 34.4 Å². The molecule has 0 aliphatic rings. The Morgan fingerprint density at radius 1 is 1.21 bits per heavy atom. The minimum atomic E-state index is -5.28. The lowest BCUT2D eigenvalue weighted by Gasteiger charge is -2.38. The van der Waals surface area contributed by atoms with Crippen molar-refractivity contribution in [3.8, 4) is 5.75 Å². The second-order valence-electron chi connectivity index (χ2n) is 8.41. The molecule has 0 aliphatic carbocycles. The second kappa shape index (κ2) is 10.6. The zero-order valence-electron chi connectivity index (χ0n) is 19.4. The van der Waals surface area contributed by atoms with Crippen LogP contribution in [0.1, 0.15) is 48.3 Å². The molecule has 2 rings (SSSR count). The molecule has 34 heavy (non-hydrogen) atoms. The number of alkyl halides is 3. The lowest BCUT2D eigenvalue weighted by molar-refractivity contribution is -0.277. The van der Waals surface area contributed by atoms with Crippen LogP contribution in [0.4, 0.5) is 23.2 Å². The van der Waals surface area contributed by atoms with E-state index < -0.39 is 30.2 Å². The molecule has 0 saturated carbocycles. The smallest absolute Gasteiger partial charge is 0.421 e. The van der Waals surface area contributed by atoms with Crippen LogP contribution in [0.15, 0.2) is 43.0 Å². The van der Waals surface area contributed by atoms with Crippen molar-refractivity contribution in [2.75, 3.05) is 19.0 Å².